The number of imidazole rings is 2. The molecule has 0 radical (unpaired) electrons. The summed E-state index contributed by atoms with van der Waals surface area (Å²) in [4.78, 5) is 16.2. The highest BCUT2D eigenvalue weighted by molar-refractivity contribution is 5.82. The molecular weight excluding hydrogens is 430 g/mol. The second-order valence-corrected chi connectivity index (χ2v) is 8.30. The first-order chi connectivity index (χ1) is 16.7. The Kier molecular flexibility index (Phi) is 5.03. The highest BCUT2D eigenvalue weighted by atomic mass is 16.5. The van der Waals surface area contributed by atoms with Crippen LogP contribution in [0.4, 0.5) is 17.2 Å². The number of nitrogens with zero attached hydrogens (tertiary/aromatic N) is 6. The van der Waals surface area contributed by atoms with E-state index in [-0.39, 0.29) is 0 Å². The van der Waals surface area contributed by atoms with Crippen LogP contribution in [0.1, 0.15) is 0 Å². The van der Waals surface area contributed by atoms with Crippen LogP contribution in [0, 0.1) is 0 Å². The SMILES string of the molecule is COc1cc(Nc2nc(-c3ccc4c(c3)ncn4C)cn3ccnc23)ccc1N1CCOCC1. The molecule has 0 bridgehead atoms. The lowest BCUT2D eigenvalue weighted by Gasteiger charge is -2.30. The number of benzene rings is 2. The number of aromatic nitrogens is 5. The van der Waals surface area contributed by atoms with Gasteiger partial charge in [0.1, 0.15) is 5.75 Å². The topological polar surface area (TPSA) is 81.7 Å². The standard InChI is InChI=1S/C25H25N7O2/c1-30-16-27-19-13-17(3-5-21(19)30)20-15-32-8-7-26-25(32)24(29-20)28-18-4-6-22(23(14-18)33-2)31-9-11-34-12-10-31/h3-8,13-16H,9-12H2,1-2H3,(H,28,29). The van der Waals surface area contributed by atoms with Crippen LogP contribution in [0.5, 0.6) is 5.75 Å². The number of anilines is 3. The smallest absolute Gasteiger partial charge is 0.180 e. The minimum Gasteiger partial charge on any atom is -0.495 e. The zero-order valence-corrected chi connectivity index (χ0v) is 19.1. The van der Waals surface area contributed by atoms with Gasteiger partial charge in [0.05, 0.1) is 49.1 Å². The van der Waals surface area contributed by atoms with Crippen LogP contribution in [0.25, 0.3) is 27.9 Å². The summed E-state index contributed by atoms with van der Waals surface area (Å²) in [7, 11) is 3.69. The maximum atomic E-state index is 5.71. The van der Waals surface area contributed by atoms with Crippen LogP contribution in [0.15, 0.2) is 61.3 Å². The maximum Gasteiger partial charge on any atom is 0.180 e. The molecule has 4 heterocycles. The molecule has 1 N–H and O–H groups in total. The Balaban J connectivity index is 1.37. The quantitative estimate of drug-likeness (QED) is 0.431. The molecule has 1 fully saturated rings. The third-order valence-electron chi connectivity index (χ3n) is 6.19. The summed E-state index contributed by atoms with van der Waals surface area (Å²) in [5.41, 5.74) is 6.53. The summed E-state index contributed by atoms with van der Waals surface area (Å²) in [6, 6.07) is 12.3. The van der Waals surface area contributed by atoms with Crippen LogP contribution in [-0.4, -0.2) is 57.3 Å². The van der Waals surface area contributed by atoms with Crippen molar-refractivity contribution < 1.29 is 9.47 Å². The second kappa shape index (κ2) is 8.35. The van der Waals surface area contributed by atoms with Crippen molar-refractivity contribution in [2.45, 2.75) is 0 Å². The molecule has 172 valence electrons. The normalized spacial score (nSPS) is 14.1. The molecular formula is C25H25N7O2. The van der Waals surface area contributed by atoms with Crippen molar-refractivity contribution in [1.82, 2.24) is 23.9 Å². The highest BCUT2D eigenvalue weighted by Crippen LogP contribution is 2.34. The average molecular weight is 456 g/mol. The summed E-state index contributed by atoms with van der Waals surface area (Å²) < 4.78 is 15.2. The van der Waals surface area contributed by atoms with Gasteiger partial charge in [-0.25, -0.2) is 15.0 Å². The molecule has 0 unspecified atom stereocenters. The molecule has 1 aliphatic heterocycles. The zero-order chi connectivity index (χ0) is 23.1. The highest BCUT2D eigenvalue weighted by Gasteiger charge is 2.17. The molecule has 2 aromatic carbocycles. The van der Waals surface area contributed by atoms with E-state index >= 15 is 0 Å². The van der Waals surface area contributed by atoms with Crippen molar-refractivity contribution in [3.05, 3.63) is 61.3 Å². The molecule has 34 heavy (non-hydrogen) atoms. The molecule has 3 aromatic heterocycles. The van der Waals surface area contributed by atoms with Crippen LogP contribution in [0.3, 0.4) is 0 Å². The van der Waals surface area contributed by atoms with Crippen molar-refractivity contribution in [3.8, 4) is 17.0 Å². The van der Waals surface area contributed by atoms with Crippen LogP contribution in [0.2, 0.25) is 0 Å². The van der Waals surface area contributed by atoms with Crippen LogP contribution >= 0.6 is 0 Å². The largest absolute Gasteiger partial charge is 0.495 e. The van der Waals surface area contributed by atoms with Gasteiger partial charge < -0.3 is 28.7 Å². The molecule has 0 amide bonds. The lowest BCUT2D eigenvalue weighted by atomic mass is 10.1. The molecule has 0 aliphatic carbocycles. The van der Waals surface area contributed by atoms with Gasteiger partial charge in [-0.15, -0.1) is 0 Å². The molecule has 1 aliphatic rings. The molecule has 0 spiro atoms. The van der Waals surface area contributed by atoms with Crippen LogP contribution < -0.4 is 15.0 Å². The molecule has 9 heteroatoms. The fourth-order valence-electron chi connectivity index (χ4n) is 4.41. The van der Waals surface area contributed by atoms with E-state index in [9.17, 15) is 0 Å². The van der Waals surface area contributed by atoms with E-state index in [4.69, 9.17) is 14.5 Å². The molecule has 5 aromatic rings. The van der Waals surface area contributed by atoms with Gasteiger partial charge in [0, 0.05) is 56.0 Å². The number of fused-ring (bicyclic) bond motifs is 2. The Labute approximate surface area is 196 Å². The van der Waals surface area contributed by atoms with Gasteiger partial charge in [-0.3, -0.25) is 0 Å². The van der Waals surface area contributed by atoms with E-state index in [0.717, 1.165) is 71.4 Å². The summed E-state index contributed by atoms with van der Waals surface area (Å²) in [5, 5.41) is 3.45. The first-order valence-corrected chi connectivity index (χ1v) is 11.2. The number of methoxy groups -OCH3 is 1. The number of hydrogen-bond donors (Lipinski definition) is 1. The summed E-state index contributed by atoms with van der Waals surface area (Å²) in [6.07, 6.45) is 7.50. The Bertz CT molecular complexity index is 1480. The Hall–Kier alpha value is -4.11. The molecule has 0 atom stereocenters. The van der Waals surface area contributed by atoms with Crippen molar-refractivity contribution >= 4 is 33.9 Å². The summed E-state index contributed by atoms with van der Waals surface area (Å²) >= 11 is 0. The number of aryl methyl sites for hydroxylation is 1. The monoisotopic (exact) mass is 455 g/mol. The van der Waals surface area contributed by atoms with Crippen molar-refractivity contribution in [2.24, 2.45) is 7.05 Å². The molecule has 9 nitrogen and oxygen atoms in total. The summed E-state index contributed by atoms with van der Waals surface area (Å²) in [5.74, 6) is 1.48. The van der Waals surface area contributed by atoms with Crippen molar-refractivity contribution in [3.63, 3.8) is 0 Å². The first kappa shape index (κ1) is 20.5. The predicted octanol–water partition coefficient (Wildman–Crippen LogP) is 3.87. The van der Waals surface area contributed by atoms with Gasteiger partial charge in [0.2, 0.25) is 0 Å². The van der Waals surface area contributed by atoms with E-state index in [0.29, 0.717) is 5.82 Å². The Morgan fingerprint density at radius 2 is 1.94 bits per heavy atom. The van der Waals surface area contributed by atoms with E-state index in [1.807, 2.05) is 46.9 Å². The fourth-order valence-corrected chi connectivity index (χ4v) is 4.41. The molecule has 1 saturated heterocycles. The van der Waals surface area contributed by atoms with Gasteiger partial charge in [0.15, 0.2) is 11.5 Å². The van der Waals surface area contributed by atoms with Crippen molar-refractivity contribution in [1.29, 1.82) is 0 Å². The van der Waals surface area contributed by atoms with Crippen molar-refractivity contribution in [2.75, 3.05) is 43.6 Å². The van der Waals surface area contributed by atoms with Gasteiger partial charge in [-0.05, 0) is 24.3 Å². The Morgan fingerprint density at radius 1 is 1.06 bits per heavy atom. The third-order valence-corrected chi connectivity index (χ3v) is 6.19. The molecule has 6 rings (SSSR count). The number of nitrogens with one attached hydrogen (secondary N) is 1. The number of ether oxygens (including phenoxy) is 2. The van der Waals surface area contributed by atoms with E-state index in [1.165, 1.54) is 0 Å². The minimum atomic E-state index is 0.671. The lowest BCUT2D eigenvalue weighted by molar-refractivity contribution is 0.122. The molecule has 0 saturated carbocycles. The van der Waals surface area contributed by atoms with Gasteiger partial charge in [-0.2, -0.15) is 0 Å². The lowest BCUT2D eigenvalue weighted by Crippen LogP contribution is -2.36. The van der Waals surface area contributed by atoms with Gasteiger partial charge in [-0.1, -0.05) is 6.07 Å². The second-order valence-electron chi connectivity index (χ2n) is 8.30. The average Bonchev–Trinajstić information content (AvgIpc) is 3.51. The van der Waals surface area contributed by atoms with E-state index < -0.39 is 0 Å². The summed E-state index contributed by atoms with van der Waals surface area (Å²) in [6.45, 7) is 3.15. The number of hydrogen-bond acceptors (Lipinski definition) is 7. The van der Waals surface area contributed by atoms with Gasteiger partial charge in [0.25, 0.3) is 0 Å². The third kappa shape index (κ3) is 3.60. The number of rotatable bonds is 5. The predicted molar refractivity (Wildman–Crippen MR) is 132 cm³/mol. The number of morpholine rings is 1. The minimum absolute atomic E-state index is 0.671. The Morgan fingerprint density at radius 3 is 2.79 bits per heavy atom. The van der Waals surface area contributed by atoms with E-state index in [2.05, 4.69) is 44.5 Å². The first-order valence-electron chi connectivity index (χ1n) is 11.2. The fraction of sp³-hybridized carbons (Fsp3) is 0.240. The van der Waals surface area contributed by atoms with Gasteiger partial charge >= 0.3 is 0 Å². The zero-order valence-electron chi connectivity index (χ0n) is 19.1. The van der Waals surface area contributed by atoms with Crippen LogP contribution in [-0.2, 0) is 11.8 Å². The van der Waals surface area contributed by atoms with E-state index in [1.54, 1.807) is 13.3 Å². The maximum absolute atomic E-state index is 5.71.